The van der Waals surface area contributed by atoms with Crippen molar-refractivity contribution < 1.29 is 4.74 Å². The van der Waals surface area contributed by atoms with Crippen LogP contribution in [0.3, 0.4) is 0 Å². The number of imidazole rings is 1. The van der Waals surface area contributed by atoms with Gasteiger partial charge in [0.25, 0.3) is 0 Å². The van der Waals surface area contributed by atoms with Gasteiger partial charge in [-0.3, -0.25) is 0 Å². The summed E-state index contributed by atoms with van der Waals surface area (Å²) in [4.78, 5) is 7.14. The molecule has 3 aromatic rings. The third kappa shape index (κ3) is 2.13. The van der Waals surface area contributed by atoms with Gasteiger partial charge >= 0.3 is 0 Å². The van der Waals surface area contributed by atoms with E-state index in [9.17, 15) is 0 Å². The Morgan fingerprint density at radius 1 is 1.11 bits per heavy atom. The molecule has 0 saturated heterocycles. The van der Waals surface area contributed by atoms with Gasteiger partial charge in [-0.25, -0.2) is 4.98 Å². The van der Waals surface area contributed by atoms with E-state index >= 15 is 0 Å². The number of ether oxygens (including phenoxy) is 1. The van der Waals surface area contributed by atoms with Gasteiger partial charge < -0.3 is 15.5 Å². The maximum atomic E-state index is 5.71. The second-order valence-electron chi connectivity index (χ2n) is 4.08. The molecule has 0 unspecified atom stereocenters. The highest BCUT2D eigenvalue weighted by atomic mass is 16.5. The van der Waals surface area contributed by atoms with Gasteiger partial charge in [0.15, 0.2) is 5.95 Å². The molecule has 3 N–H and O–H groups in total. The highest BCUT2D eigenvalue weighted by Crippen LogP contribution is 2.20. The van der Waals surface area contributed by atoms with Crippen LogP contribution in [0.15, 0.2) is 48.5 Å². The monoisotopic (exact) mass is 239 g/mol. The predicted molar refractivity (Wildman–Crippen MR) is 71.3 cm³/mol. The second kappa shape index (κ2) is 4.41. The summed E-state index contributed by atoms with van der Waals surface area (Å²) >= 11 is 0. The number of H-pyrrole nitrogens is 1. The zero-order chi connectivity index (χ0) is 12.4. The number of rotatable bonds is 3. The van der Waals surface area contributed by atoms with Crippen molar-refractivity contribution in [3.05, 3.63) is 54.1 Å². The zero-order valence-corrected chi connectivity index (χ0v) is 9.76. The number of hydrogen-bond acceptors (Lipinski definition) is 3. The third-order valence-corrected chi connectivity index (χ3v) is 2.72. The molecule has 0 saturated carbocycles. The van der Waals surface area contributed by atoms with Crippen LogP contribution in [0.1, 0.15) is 5.56 Å². The molecule has 1 aromatic heterocycles. The number of nitrogen functional groups attached to an aromatic ring is 1. The predicted octanol–water partition coefficient (Wildman–Crippen LogP) is 2.72. The van der Waals surface area contributed by atoms with Crippen LogP contribution in [0.2, 0.25) is 0 Å². The number of nitrogens with zero attached hydrogens (tertiary/aromatic N) is 1. The first-order valence-electron chi connectivity index (χ1n) is 5.73. The maximum absolute atomic E-state index is 5.71. The lowest BCUT2D eigenvalue weighted by atomic mass is 10.2. The molecule has 1 heterocycles. The molecule has 0 spiro atoms. The van der Waals surface area contributed by atoms with E-state index < -0.39 is 0 Å². The van der Waals surface area contributed by atoms with Crippen molar-refractivity contribution in [1.29, 1.82) is 0 Å². The number of benzene rings is 2. The fourth-order valence-corrected chi connectivity index (χ4v) is 1.84. The number of aromatic nitrogens is 2. The molecule has 0 aliphatic carbocycles. The van der Waals surface area contributed by atoms with E-state index in [1.807, 2.05) is 48.5 Å². The van der Waals surface area contributed by atoms with E-state index in [1.165, 1.54) is 0 Å². The lowest BCUT2D eigenvalue weighted by Crippen LogP contribution is -1.94. The molecule has 0 aliphatic heterocycles. The number of hydrogen-bond donors (Lipinski definition) is 2. The molecule has 0 amide bonds. The molecule has 0 aliphatic rings. The number of aromatic amines is 1. The van der Waals surface area contributed by atoms with Crippen molar-refractivity contribution in [3.63, 3.8) is 0 Å². The van der Waals surface area contributed by atoms with Crippen molar-refractivity contribution in [1.82, 2.24) is 9.97 Å². The van der Waals surface area contributed by atoms with E-state index in [2.05, 4.69) is 9.97 Å². The summed E-state index contributed by atoms with van der Waals surface area (Å²) in [5.41, 5.74) is 8.47. The Bertz CT molecular complexity index is 661. The molecule has 4 heteroatoms. The minimum atomic E-state index is 0.421. The molecule has 2 aromatic carbocycles. The summed E-state index contributed by atoms with van der Waals surface area (Å²) in [5, 5.41) is 0. The maximum Gasteiger partial charge on any atom is 0.198 e. The highest BCUT2D eigenvalue weighted by Gasteiger charge is 2.02. The van der Waals surface area contributed by atoms with Crippen LogP contribution in [0.4, 0.5) is 5.95 Å². The zero-order valence-electron chi connectivity index (χ0n) is 9.76. The van der Waals surface area contributed by atoms with E-state index in [0.29, 0.717) is 12.6 Å². The van der Waals surface area contributed by atoms with Gasteiger partial charge in [-0.2, -0.15) is 0 Å². The van der Waals surface area contributed by atoms with Crippen LogP contribution in [0, 0.1) is 0 Å². The van der Waals surface area contributed by atoms with Crippen LogP contribution in [0.25, 0.3) is 11.0 Å². The normalized spacial score (nSPS) is 10.7. The minimum Gasteiger partial charge on any atom is -0.489 e. The Kier molecular flexibility index (Phi) is 2.61. The Labute approximate surface area is 104 Å². The molecule has 0 fully saturated rings. The highest BCUT2D eigenvalue weighted by molar-refractivity contribution is 5.78. The molecule has 0 bridgehead atoms. The van der Waals surface area contributed by atoms with Crippen molar-refractivity contribution in [2.75, 3.05) is 5.73 Å². The third-order valence-electron chi connectivity index (χ3n) is 2.72. The second-order valence-corrected chi connectivity index (χ2v) is 4.08. The lowest BCUT2D eigenvalue weighted by molar-refractivity contribution is 0.306. The SMILES string of the molecule is Nc1nc2cc(OCc3ccccc3)ccc2[nH]1. The van der Waals surface area contributed by atoms with E-state index in [-0.39, 0.29) is 0 Å². The molecule has 0 atom stereocenters. The average molecular weight is 239 g/mol. The molecule has 0 radical (unpaired) electrons. The molecule has 90 valence electrons. The lowest BCUT2D eigenvalue weighted by Gasteiger charge is -2.05. The van der Waals surface area contributed by atoms with Gasteiger partial charge in [0, 0.05) is 6.07 Å². The largest absolute Gasteiger partial charge is 0.489 e. The standard InChI is InChI=1S/C14H13N3O/c15-14-16-12-7-6-11(8-13(12)17-14)18-9-10-4-2-1-3-5-10/h1-8H,9H2,(H3,15,16,17). The van der Waals surface area contributed by atoms with E-state index in [1.54, 1.807) is 0 Å². The summed E-state index contributed by atoms with van der Waals surface area (Å²) in [5.74, 6) is 1.21. The molecular formula is C14H13N3O. The van der Waals surface area contributed by atoms with Crippen LogP contribution >= 0.6 is 0 Å². The number of fused-ring (bicyclic) bond motifs is 1. The first-order chi connectivity index (χ1) is 8.81. The number of nitrogens with one attached hydrogen (secondary N) is 1. The Morgan fingerprint density at radius 3 is 2.78 bits per heavy atom. The van der Waals surface area contributed by atoms with Crippen molar-refractivity contribution >= 4 is 17.0 Å². The first-order valence-corrected chi connectivity index (χ1v) is 5.73. The number of anilines is 1. The number of nitrogens with two attached hydrogens (primary N) is 1. The molecule has 18 heavy (non-hydrogen) atoms. The summed E-state index contributed by atoms with van der Waals surface area (Å²) in [6.45, 7) is 0.548. The fourth-order valence-electron chi connectivity index (χ4n) is 1.84. The summed E-state index contributed by atoms with van der Waals surface area (Å²) < 4.78 is 5.71. The Hall–Kier alpha value is -2.49. The van der Waals surface area contributed by atoms with Gasteiger partial charge in [-0.15, -0.1) is 0 Å². The quantitative estimate of drug-likeness (QED) is 0.738. The van der Waals surface area contributed by atoms with Crippen LogP contribution in [0.5, 0.6) is 5.75 Å². The van der Waals surface area contributed by atoms with Crippen molar-refractivity contribution in [2.24, 2.45) is 0 Å². The van der Waals surface area contributed by atoms with Crippen molar-refractivity contribution in [2.45, 2.75) is 6.61 Å². The van der Waals surface area contributed by atoms with Crippen molar-refractivity contribution in [3.8, 4) is 5.75 Å². The molecular weight excluding hydrogens is 226 g/mol. The Morgan fingerprint density at radius 2 is 1.94 bits per heavy atom. The summed E-state index contributed by atoms with van der Waals surface area (Å²) in [7, 11) is 0. The molecule has 3 rings (SSSR count). The van der Waals surface area contributed by atoms with Gasteiger partial charge in [0.1, 0.15) is 12.4 Å². The van der Waals surface area contributed by atoms with Crippen LogP contribution in [-0.2, 0) is 6.61 Å². The van der Waals surface area contributed by atoms with Gasteiger partial charge in [0.05, 0.1) is 11.0 Å². The first kappa shape index (κ1) is 10.7. The molecule has 4 nitrogen and oxygen atoms in total. The van der Waals surface area contributed by atoms with Crippen LogP contribution in [-0.4, -0.2) is 9.97 Å². The topological polar surface area (TPSA) is 63.9 Å². The Balaban J connectivity index is 1.78. The summed E-state index contributed by atoms with van der Waals surface area (Å²) in [6.07, 6.45) is 0. The summed E-state index contributed by atoms with van der Waals surface area (Å²) in [6, 6.07) is 15.7. The smallest absolute Gasteiger partial charge is 0.198 e. The van der Waals surface area contributed by atoms with Crippen LogP contribution < -0.4 is 10.5 Å². The van der Waals surface area contributed by atoms with Gasteiger partial charge in [-0.05, 0) is 17.7 Å². The van der Waals surface area contributed by atoms with E-state index in [0.717, 1.165) is 22.3 Å². The van der Waals surface area contributed by atoms with E-state index in [4.69, 9.17) is 10.5 Å². The minimum absolute atomic E-state index is 0.421. The van der Waals surface area contributed by atoms with Gasteiger partial charge in [-0.1, -0.05) is 30.3 Å². The fraction of sp³-hybridized carbons (Fsp3) is 0.0714. The van der Waals surface area contributed by atoms with Gasteiger partial charge in [0.2, 0.25) is 0 Å². The average Bonchev–Trinajstić information content (AvgIpc) is 2.77.